The minimum Gasteiger partial charge on any atom is -0.239 e. The molecule has 88 valence electrons. The highest BCUT2D eigenvalue weighted by Crippen LogP contribution is 2.27. The van der Waals surface area contributed by atoms with Crippen molar-refractivity contribution in [3.63, 3.8) is 0 Å². The van der Waals surface area contributed by atoms with Gasteiger partial charge in [0.05, 0.1) is 10.2 Å². The number of hydrogen-bond acceptors (Lipinski definition) is 1. The summed E-state index contributed by atoms with van der Waals surface area (Å²) in [5, 5.41) is 4.62. The van der Waals surface area contributed by atoms with E-state index >= 15 is 0 Å². The van der Waals surface area contributed by atoms with E-state index < -0.39 is 0 Å². The third kappa shape index (κ3) is 2.09. The molecule has 0 aliphatic heterocycles. The SMILES string of the molecule is Brc1cn(-c2ccccc2)nc1-c1ccccc1. The van der Waals surface area contributed by atoms with Crippen LogP contribution in [-0.4, -0.2) is 9.78 Å². The van der Waals surface area contributed by atoms with Crippen LogP contribution in [0.2, 0.25) is 0 Å². The van der Waals surface area contributed by atoms with Gasteiger partial charge in [0.1, 0.15) is 5.69 Å². The van der Waals surface area contributed by atoms with Gasteiger partial charge in [-0.1, -0.05) is 48.5 Å². The normalized spacial score (nSPS) is 10.5. The molecule has 3 aromatic rings. The topological polar surface area (TPSA) is 17.8 Å². The maximum atomic E-state index is 4.62. The van der Waals surface area contributed by atoms with Crippen molar-refractivity contribution in [2.24, 2.45) is 0 Å². The average Bonchev–Trinajstić information content (AvgIpc) is 2.83. The molecular formula is C15H11BrN2. The van der Waals surface area contributed by atoms with Gasteiger partial charge < -0.3 is 0 Å². The molecule has 0 spiro atoms. The van der Waals surface area contributed by atoms with Crippen molar-refractivity contribution >= 4 is 15.9 Å². The van der Waals surface area contributed by atoms with Crippen LogP contribution in [0.1, 0.15) is 0 Å². The van der Waals surface area contributed by atoms with Gasteiger partial charge in [0.25, 0.3) is 0 Å². The molecule has 0 amide bonds. The molecule has 1 heterocycles. The molecule has 3 heteroatoms. The molecule has 3 rings (SSSR count). The van der Waals surface area contributed by atoms with E-state index in [0.717, 1.165) is 21.4 Å². The van der Waals surface area contributed by atoms with Gasteiger partial charge in [0.2, 0.25) is 0 Å². The Morgan fingerprint density at radius 2 is 1.44 bits per heavy atom. The molecule has 0 aliphatic rings. The van der Waals surface area contributed by atoms with Crippen molar-refractivity contribution in [1.82, 2.24) is 9.78 Å². The number of benzene rings is 2. The van der Waals surface area contributed by atoms with E-state index in [4.69, 9.17) is 0 Å². The second kappa shape index (κ2) is 4.78. The summed E-state index contributed by atoms with van der Waals surface area (Å²) in [5.41, 5.74) is 3.12. The molecule has 0 unspecified atom stereocenters. The van der Waals surface area contributed by atoms with E-state index in [2.05, 4.69) is 33.2 Å². The van der Waals surface area contributed by atoms with Crippen LogP contribution in [-0.2, 0) is 0 Å². The summed E-state index contributed by atoms with van der Waals surface area (Å²) in [6, 6.07) is 20.2. The number of halogens is 1. The standard InChI is InChI=1S/C15H11BrN2/c16-14-11-18(13-9-5-2-6-10-13)17-15(14)12-7-3-1-4-8-12/h1-11H. The van der Waals surface area contributed by atoms with E-state index in [1.54, 1.807) is 0 Å². The van der Waals surface area contributed by atoms with Gasteiger partial charge in [0, 0.05) is 11.8 Å². The predicted octanol–water partition coefficient (Wildman–Crippen LogP) is 4.30. The Bertz CT molecular complexity index is 645. The molecule has 1 aromatic heterocycles. The lowest BCUT2D eigenvalue weighted by Crippen LogP contribution is -1.93. The first-order valence-electron chi connectivity index (χ1n) is 5.70. The molecule has 0 saturated heterocycles. The van der Waals surface area contributed by atoms with Gasteiger partial charge >= 0.3 is 0 Å². The molecule has 0 radical (unpaired) electrons. The lowest BCUT2D eigenvalue weighted by molar-refractivity contribution is 0.884. The van der Waals surface area contributed by atoms with Crippen molar-refractivity contribution in [3.8, 4) is 16.9 Å². The van der Waals surface area contributed by atoms with E-state index in [1.807, 2.05) is 59.4 Å². The quantitative estimate of drug-likeness (QED) is 0.690. The number of para-hydroxylation sites is 1. The number of rotatable bonds is 2. The Labute approximate surface area is 114 Å². The van der Waals surface area contributed by atoms with Crippen molar-refractivity contribution in [2.45, 2.75) is 0 Å². The highest BCUT2D eigenvalue weighted by Gasteiger charge is 2.09. The summed E-state index contributed by atoms with van der Waals surface area (Å²) in [7, 11) is 0. The molecule has 2 aromatic carbocycles. The summed E-state index contributed by atoms with van der Waals surface area (Å²) in [4.78, 5) is 0. The second-order valence-corrected chi connectivity index (χ2v) is 4.83. The summed E-state index contributed by atoms with van der Waals surface area (Å²) in [5.74, 6) is 0. The lowest BCUT2D eigenvalue weighted by atomic mass is 10.2. The highest BCUT2D eigenvalue weighted by atomic mass is 79.9. The van der Waals surface area contributed by atoms with Crippen molar-refractivity contribution < 1.29 is 0 Å². The van der Waals surface area contributed by atoms with Gasteiger partial charge in [-0.2, -0.15) is 5.10 Å². The third-order valence-electron chi connectivity index (χ3n) is 2.74. The van der Waals surface area contributed by atoms with Gasteiger partial charge in [-0.25, -0.2) is 4.68 Å². The number of nitrogens with zero attached hydrogens (tertiary/aromatic N) is 2. The lowest BCUT2D eigenvalue weighted by Gasteiger charge is -1.99. The molecule has 0 N–H and O–H groups in total. The summed E-state index contributed by atoms with van der Waals surface area (Å²) < 4.78 is 2.88. The molecule has 0 atom stereocenters. The van der Waals surface area contributed by atoms with E-state index in [-0.39, 0.29) is 0 Å². The van der Waals surface area contributed by atoms with E-state index in [1.165, 1.54) is 0 Å². The smallest absolute Gasteiger partial charge is 0.107 e. The summed E-state index contributed by atoms with van der Waals surface area (Å²) >= 11 is 3.57. The van der Waals surface area contributed by atoms with Gasteiger partial charge in [-0.3, -0.25) is 0 Å². The van der Waals surface area contributed by atoms with Crippen LogP contribution >= 0.6 is 15.9 Å². The molecule has 0 fully saturated rings. The molecule has 0 aliphatic carbocycles. The molecular weight excluding hydrogens is 288 g/mol. The van der Waals surface area contributed by atoms with Crippen molar-refractivity contribution in [2.75, 3.05) is 0 Å². The van der Waals surface area contributed by atoms with E-state index in [0.29, 0.717) is 0 Å². The zero-order valence-corrected chi connectivity index (χ0v) is 11.2. The highest BCUT2D eigenvalue weighted by molar-refractivity contribution is 9.10. The fraction of sp³-hybridized carbons (Fsp3) is 0. The Morgan fingerprint density at radius 1 is 0.833 bits per heavy atom. The summed E-state index contributed by atoms with van der Waals surface area (Å²) in [6.45, 7) is 0. The monoisotopic (exact) mass is 298 g/mol. The summed E-state index contributed by atoms with van der Waals surface area (Å²) in [6.07, 6.45) is 1.98. The second-order valence-electron chi connectivity index (χ2n) is 3.97. The van der Waals surface area contributed by atoms with Gasteiger partial charge in [-0.05, 0) is 28.1 Å². The zero-order chi connectivity index (χ0) is 12.4. The zero-order valence-electron chi connectivity index (χ0n) is 9.62. The maximum Gasteiger partial charge on any atom is 0.107 e. The van der Waals surface area contributed by atoms with Crippen LogP contribution in [0.15, 0.2) is 71.3 Å². The Kier molecular flexibility index (Phi) is 2.99. The first-order chi connectivity index (χ1) is 8.84. The van der Waals surface area contributed by atoms with Crippen LogP contribution < -0.4 is 0 Å². The van der Waals surface area contributed by atoms with Crippen LogP contribution in [0.25, 0.3) is 16.9 Å². The maximum absolute atomic E-state index is 4.62. The Morgan fingerprint density at radius 3 is 2.11 bits per heavy atom. The molecule has 0 bridgehead atoms. The number of hydrogen-bond donors (Lipinski definition) is 0. The minimum absolute atomic E-state index is 0.958. The molecule has 18 heavy (non-hydrogen) atoms. The largest absolute Gasteiger partial charge is 0.239 e. The first-order valence-corrected chi connectivity index (χ1v) is 6.50. The van der Waals surface area contributed by atoms with Crippen molar-refractivity contribution in [1.29, 1.82) is 0 Å². The minimum atomic E-state index is 0.958. The van der Waals surface area contributed by atoms with E-state index in [9.17, 15) is 0 Å². The molecule has 2 nitrogen and oxygen atoms in total. The number of aromatic nitrogens is 2. The van der Waals surface area contributed by atoms with Crippen LogP contribution in [0.3, 0.4) is 0 Å². The van der Waals surface area contributed by atoms with Crippen molar-refractivity contribution in [3.05, 3.63) is 71.3 Å². The Balaban J connectivity index is 2.07. The predicted molar refractivity (Wildman–Crippen MR) is 76.7 cm³/mol. The van der Waals surface area contributed by atoms with Crippen LogP contribution in [0.5, 0.6) is 0 Å². The van der Waals surface area contributed by atoms with Gasteiger partial charge in [-0.15, -0.1) is 0 Å². The molecule has 0 saturated carbocycles. The van der Waals surface area contributed by atoms with Crippen LogP contribution in [0.4, 0.5) is 0 Å². The Hall–Kier alpha value is -1.87. The third-order valence-corrected chi connectivity index (χ3v) is 3.32. The average molecular weight is 299 g/mol. The first kappa shape index (κ1) is 11.2. The fourth-order valence-corrected chi connectivity index (χ4v) is 2.36. The van der Waals surface area contributed by atoms with Gasteiger partial charge in [0.15, 0.2) is 0 Å². The van der Waals surface area contributed by atoms with Crippen LogP contribution in [0, 0.1) is 0 Å². The fourth-order valence-electron chi connectivity index (χ4n) is 1.86.